The number of fused-ring (bicyclic) bond motifs is 5. The molecule has 2 fully saturated rings. The van der Waals surface area contributed by atoms with Crippen LogP contribution in [-0.4, -0.2) is 41.0 Å². The minimum absolute atomic E-state index is 0.0569. The van der Waals surface area contributed by atoms with Crippen LogP contribution in [0.4, 0.5) is 0 Å². The van der Waals surface area contributed by atoms with E-state index in [1.165, 1.54) is 11.1 Å². The smallest absolute Gasteiger partial charge is 0.134 e. The van der Waals surface area contributed by atoms with Crippen LogP contribution >= 0.6 is 0 Å². The van der Waals surface area contributed by atoms with Gasteiger partial charge in [-0.25, -0.2) is 0 Å². The summed E-state index contributed by atoms with van der Waals surface area (Å²) >= 11 is 0. The number of carbonyl (C=O) groups excluding carboxylic acids is 1. The molecular weight excluding hydrogens is 342 g/mol. The monoisotopic (exact) mass is 373 g/mol. The van der Waals surface area contributed by atoms with Gasteiger partial charge in [-0.15, -0.1) is 0 Å². The molecule has 0 spiro atoms. The summed E-state index contributed by atoms with van der Waals surface area (Å²) in [6.45, 7) is 6.17. The number of hydrogen-bond acceptors (Lipinski definition) is 5. The molecule has 0 heterocycles. The first-order valence-electron chi connectivity index (χ1n) is 10.1. The Balaban J connectivity index is 1.81. The normalized spacial score (nSPS) is 47.5. The molecular formula is C22H31NO4. The highest BCUT2D eigenvalue weighted by molar-refractivity contribution is 6.00. The highest BCUT2D eigenvalue weighted by atomic mass is 16.6. The molecule has 4 aliphatic carbocycles. The number of nitrogens with zero attached hydrogens (tertiary/aromatic N) is 1. The fraction of sp³-hybridized carbons (Fsp3) is 0.727. The zero-order chi connectivity index (χ0) is 19.6. The number of aliphatic hydroxyl groups is 2. The van der Waals surface area contributed by atoms with E-state index in [0.717, 1.165) is 25.0 Å². The Kier molecular flexibility index (Phi) is 4.39. The Morgan fingerprint density at radius 2 is 2.00 bits per heavy atom. The first kappa shape index (κ1) is 18.9. The van der Waals surface area contributed by atoms with Crippen LogP contribution in [0.2, 0.25) is 0 Å². The van der Waals surface area contributed by atoms with Crippen molar-refractivity contribution in [3.63, 3.8) is 0 Å². The van der Waals surface area contributed by atoms with Crippen molar-refractivity contribution in [1.82, 2.24) is 0 Å². The third-order valence-electron chi connectivity index (χ3n) is 8.09. The van der Waals surface area contributed by atoms with Gasteiger partial charge in [0.25, 0.3) is 0 Å². The molecule has 0 aromatic heterocycles. The highest BCUT2D eigenvalue weighted by Crippen LogP contribution is 2.63. The maximum atomic E-state index is 12.2. The SMILES string of the molecule is CON=C1C=C2C3=CCC(C(C)=O)C3(C)CCC2C2(C)CC(O)C(O)CC12. The van der Waals surface area contributed by atoms with E-state index in [9.17, 15) is 15.0 Å². The van der Waals surface area contributed by atoms with Gasteiger partial charge in [-0.05, 0) is 67.6 Å². The Morgan fingerprint density at radius 3 is 2.67 bits per heavy atom. The zero-order valence-corrected chi connectivity index (χ0v) is 16.7. The van der Waals surface area contributed by atoms with E-state index < -0.39 is 12.2 Å². The van der Waals surface area contributed by atoms with Crippen molar-refractivity contribution in [1.29, 1.82) is 0 Å². The minimum atomic E-state index is -0.721. The Morgan fingerprint density at radius 1 is 1.26 bits per heavy atom. The number of aliphatic hydroxyl groups excluding tert-OH is 2. The standard InChI is InChI=1S/C22H31NO4/c1-12(24)14-5-6-15-13-9-18(23-27-4)17-10-19(25)20(26)11-22(17,3)16(13)7-8-21(14,15)2/h6,9,14,16-17,19-20,25-26H,5,7-8,10-11H2,1-4H3. The van der Waals surface area contributed by atoms with Crippen molar-refractivity contribution in [2.75, 3.05) is 7.11 Å². The average Bonchev–Trinajstić information content (AvgIpc) is 2.95. The van der Waals surface area contributed by atoms with Crippen LogP contribution < -0.4 is 0 Å². The third kappa shape index (κ3) is 2.58. The maximum Gasteiger partial charge on any atom is 0.134 e. The molecule has 7 atom stereocenters. The Bertz CT molecular complexity index is 753. The van der Waals surface area contributed by atoms with Gasteiger partial charge in [-0.1, -0.05) is 25.1 Å². The van der Waals surface area contributed by atoms with E-state index in [0.29, 0.717) is 18.8 Å². The van der Waals surface area contributed by atoms with E-state index >= 15 is 0 Å². The molecule has 5 heteroatoms. The van der Waals surface area contributed by atoms with E-state index in [1.807, 2.05) is 0 Å². The molecule has 2 saturated carbocycles. The number of rotatable bonds is 2. The second-order valence-electron chi connectivity index (χ2n) is 9.46. The van der Waals surface area contributed by atoms with Crippen molar-refractivity contribution in [3.05, 3.63) is 23.3 Å². The summed E-state index contributed by atoms with van der Waals surface area (Å²) in [5.41, 5.74) is 3.14. The summed E-state index contributed by atoms with van der Waals surface area (Å²) in [6, 6.07) is 0. The van der Waals surface area contributed by atoms with Crippen LogP contribution in [0.3, 0.4) is 0 Å². The zero-order valence-electron chi connectivity index (χ0n) is 16.7. The van der Waals surface area contributed by atoms with E-state index in [1.54, 1.807) is 14.0 Å². The fourth-order valence-corrected chi connectivity index (χ4v) is 6.63. The molecule has 0 bridgehead atoms. The lowest BCUT2D eigenvalue weighted by Gasteiger charge is -2.56. The predicted octanol–water partition coefficient (Wildman–Crippen LogP) is 3.02. The summed E-state index contributed by atoms with van der Waals surface area (Å²) in [4.78, 5) is 17.4. The predicted molar refractivity (Wildman–Crippen MR) is 103 cm³/mol. The molecule has 7 unspecified atom stereocenters. The van der Waals surface area contributed by atoms with Gasteiger partial charge in [0.1, 0.15) is 12.9 Å². The maximum absolute atomic E-state index is 12.2. The molecule has 5 nitrogen and oxygen atoms in total. The van der Waals surface area contributed by atoms with Crippen LogP contribution in [0.15, 0.2) is 28.5 Å². The van der Waals surface area contributed by atoms with E-state index in [4.69, 9.17) is 4.84 Å². The highest BCUT2D eigenvalue weighted by Gasteiger charge is 2.58. The lowest BCUT2D eigenvalue weighted by atomic mass is 9.48. The lowest BCUT2D eigenvalue weighted by Crippen LogP contribution is -2.55. The molecule has 0 amide bonds. The van der Waals surface area contributed by atoms with Crippen LogP contribution in [0.1, 0.15) is 52.9 Å². The molecule has 0 aromatic carbocycles. The van der Waals surface area contributed by atoms with Gasteiger partial charge in [0.05, 0.1) is 17.9 Å². The first-order chi connectivity index (χ1) is 12.7. The Hall–Kier alpha value is -1.46. The van der Waals surface area contributed by atoms with Crippen LogP contribution in [0.5, 0.6) is 0 Å². The number of oxime groups is 1. The molecule has 2 N–H and O–H groups in total. The van der Waals surface area contributed by atoms with Crippen molar-refractivity contribution in [3.8, 4) is 0 Å². The summed E-state index contributed by atoms with van der Waals surface area (Å²) in [7, 11) is 1.55. The lowest BCUT2D eigenvalue weighted by molar-refractivity contribution is -0.123. The van der Waals surface area contributed by atoms with E-state index in [-0.39, 0.29) is 28.4 Å². The van der Waals surface area contributed by atoms with Gasteiger partial charge in [-0.3, -0.25) is 4.79 Å². The number of Topliss-reactive ketones (excluding diaryl/α,β-unsaturated/α-hetero) is 1. The topological polar surface area (TPSA) is 79.1 Å². The number of hydrogen-bond donors (Lipinski definition) is 2. The molecule has 0 radical (unpaired) electrons. The fourth-order valence-electron chi connectivity index (χ4n) is 6.63. The number of ketones is 1. The van der Waals surface area contributed by atoms with Gasteiger partial charge in [0.15, 0.2) is 0 Å². The largest absolute Gasteiger partial charge is 0.399 e. The van der Waals surface area contributed by atoms with Gasteiger partial charge in [0, 0.05) is 17.3 Å². The summed E-state index contributed by atoms with van der Waals surface area (Å²) in [6.07, 6.45) is 6.84. The molecule has 0 aliphatic heterocycles. The number of allylic oxidation sites excluding steroid dienone is 4. The molecule has 4 rings (SSSR count). The van der Waals surface area contributed by atoms with Crippen molar-refractivity contribution >= 4 is 11.5 Å². The molecule has 0 aromatic rings. The van der Waals surface area contributed by atoms with Gasteiger partial charge in [-0.2, -0.15) is 0 Å². The van der Waals surface area contributed by atoms with Gasteiger partial charge in [0.2, 0.25) is 0 Å². The summed E-state index contributed by atoms with van der Waals surface area (Å²) in [5, 5.41) is 25.0. The molecule has 0 saturated heterocycles. The second-order valence-corrected chi connectivity index (χ2v) is 9.46. The average molecular weight is 373 g/mol. The van der Waals surface area contributed by atoms with Gasteiger partial charge < -0.3 is 15.1 Å². The van der Waals surface area contributed by atoms with Crippen LogP contribution in [0.25, 0.3) is 0 Å². The molecule has 27 heavy (non-hydrogen) atoms. The number of carbonyl (C=O) groups is 1. The summed E-state index contributed by atoms with van der Waals surface area (Å²) < 4.78 is 0. The first-order valence-corrected chi connectivity index (χ1v) is 10.1. The summed E-state index contributed by atoms with van der Waals surface area (Å²) in [5.74, 6) is 0.705. The minimum Gasteiger partial charge on any atom is -0.399 e. The molecule has 4 aliphatic rings. The Labute approximate surface area is 161 Å². The van der Waals surface area contributed by atoms with Gasteiger partial charge >= 0.3 is 0 Å². The van der Waals surface area contributed by atoms with Crippen LogP contribution in [-0.2, 0) is 9.63 Å². The van der Waals surface area contributed by atoms with Crippen molar-refractivity contribution in [2.24, 2.45) is 33.7 Å². The quantitative estimate of drug-likeness (QED) is 0.729. The third-order valence-corrected chi connectivity index (χ3v) is 8.09. The second kappa shape index (κ2) is 6.28. The van der Waals surface area contributed by atoms with E-state index in [2.05, 4.69) is 31.2 Å². The van der Waals surface area contributed by atoms with Crippen LogP contribution in [0, 0.1) is 28.6 Å². The van der Waals surface area contributed by atoms with Crippen molar-refractivity contribution < 1.29 is 19.8 Å². The molecule has 148 valence electrons. The van der Waals surface area contributed by atoms with Crippen molar-refractivity contribution in [2.45, 2.75) is 65.1 Å².